The van der Waals surface area contributed by atoms with E-state index in [0.29, 0.717) is 38.3 Å². The van der Waals surface area contributed by atoms with Crippen LogP contribution in [0.3, 0.4) is 0 Å². The van der Waals surface area contributed by atoms with Gasteiger partial charge in [0, 0.05) is 50.3 Å². The first-order valence-corrected chi connectivity index (χ1v) is 11.3. The van der Waals surface area contributed by atoms with E-state index in [-0.39, 0.29) is 23.0 Å². The Kier molecular flexibility index (Phi) is 6.14. The van der Waals surface area contributed by atoms with Gasteiger partial charge in [-0.3, -0.25) is 14.8 Å². The number of hydrogen-bond donors (Lipinski definition) is 1. The van der Waals surface area contributed by atoms with Crippen LogP contribution in [0.4, 0.5) is 13.2 Å². The van der Waals surface area contributed by atoms with Crippen LogP contribution in [-0.4, -0.2) is 65.1 Å². The number of para-hydroxylation sites is 1. The largest absolute Gasteiger partial charge is 0.573 e. The van der Waals surface area contributed by atoms with Crippen molar-refractivity contribution in [2.45, 2.75) is 12.9 Å². The zero-order valence-electron chi connectivity index (χ0n) is 18.9. The maximum Gasteiger partial charge on any atom is 0.573 e. The molecule has 1 N–H and O–H groups in total. The van der Waals surface area contributed by atoms with E-state index in [2.05, 4.69) is 19.8 Å². The van der Waals surface area contributed by atoms with Gasteiger partial charge >= 0.3 is 6.36 Å². The number of likely N-dealkylation sites (tertiary alicyclic amines) is 2. The number of rotatable bonds is 7. The summed E-state index contributed by atoms with van der Waals surface area (Å²) in [5.74, 6) is 0.644. The molecule has 1 aromatic heterocycles. The molecule has 2 fully saturated rings. The second kappa shape index (κ2) is 9.26. The third-order valence-electron chi connectivity index (χ3n) is 6.66. The Labute approximate surface area is 200 Å². The number of carbonyl (C=O) groups is 1. The molecule has 1 unspecified atom stereocenters. The molecule has 3 aromatic rings. The number of hydrogen-bond acceptors (Lipinski definition) is 5. The van der Waals surface area contributed by atoms with E-state index in [1.54, 1.807) is 18.3 Å². The van der Waals surface area contributed by atoms with Gasteiger partial charge in [-0.15, -0.1) is 13.2 Å². The summed E-state index contributed by atoms with van der Waals surface area (Å²) < 4.78 is 48.0. The van der Waals surface area contributed by atoms with Crippen LogP contribution in [0.2, 0.25) is 0 Å². The normalized spacial score (nSPS) is 19.5. The van der Waals surface area contributed by atoms with Gasteiger partial charge in [0.2, 0.25) is 0 Å². The summed E-state index contributed by atoms with van der Waals surface area (Å²) >= 11 is 0. The van der Waals surface area contributed by atoms with Crippen molar-refractivity contribution in [2.75, 3.05) is 32.8 Å². The first-order chi connectivity index (χ1) is 16.8. The highest BCUT2D eigenvalue weighted by molar-refractivity contribution is 5.94. The van der Waals surface area contributed by atoms with E-state index in [4.69, 9.17) is 4.74 Å². The Morgan fingerprint density at radius 2 is 1.86 bits per heavy atom. The van der Waals surface area contributed by atoms with Crippen molar-refractivity contribution in [3.8, 4) is 11.5 Å². The molecule has 0 aliphatic carbocycles. The molecule has 0 radical (unpaired) electrons. The Hall–Kier alpha value is -3.53. The van der Waals surface area contributed by atoms with E-state index in [0.717, 1.165) is 17.9 Å². The van der Waals surface area contributed by atoms with Crippen molar-refractivity contribution in [1.29, 1.82) is 0 Å². The zero-order valence-corrected chi connectivity index (χ0v) is 18.9. The summed E-state index contributed by atoms with van der Waals surface area (Å²) in [6.45, 7) is 3.58. The van der Waals surface area contributed by atoms with Crippen molar-refractivity contribution in [3.63, 3.8) is 0 Å². The van der Waals surface area contributed by atoms with Crippen molar-refractivity contribution in [1.82, 2.24) is 20.0 Å². The van der Waals surface area contributed by atoms with Crippen LogP contribution in [0, 0.1) is 11.3 Å². The number of nitrogens with zero attached hydrogens (tertiary/aromatic N) is 3. The lowest BCUT2D eigenvalue weighted by molar-refractivity contribution is -0.274. The van der Waals surface area contributed by atoms with E-state index in [9.17, 15) is 18.0 Å². The molecule has 2 aliphatic heterocycles. The molecule has 0 saturated carbocycles. The van der Waals surface area contributed by atoms with Crippen LogP contribution in [0.25, 0.3) is 0 Å². The molecule has 2 saturated heterocycles. The highest BCUT2D eigenvalue weighted by Gasteiger charge is 2.55. The second-order valence-electron chi connectivity index (χ2n) is 9.20. The van der Waals surface area contributed by atoms with Crippen molar-refractivity contribution < 1.29 is 27.4 Å². The van der Waals surface area contributed by atoms with Gasteiger partial charge in [-0.25, -0.2) is 0 Å². The Morgan fingerprint density at radius 1 is 1.09 bits per heavy atom. The van der Waals surface area contributed by atoms with Gasteiger partial charge in [0.05, 0.1) is 18.4 Å². The van der Waals surface area contributed by atoms with E-state index < -0.39 is 6.36 Å². The highest BCUT2D eigenvalue weighted by atomic mass is 19.4. The average molecular weight is 486 g/mol. The van der Waals surface area contributed by atoms with Crippen LogP contribution >= 0.6 is 0 Å². The summed E-state index contributed by atoms with van der Waals surface area (Å²) in [6.07, 6.45) is -1.63. The SMILES string of the molecule is O=C(c1cn[nH]c1)N1CC2(CN(Cc3cccc(OC(F)(F)F)c3)CC2COc2ccccc2)C1. The number of amides is 1. The molecule has 2 aliphatic rings. The minimum Gasteiger partial charge on any atom is -0.493 e. The van der Waals surface area contributed by atoms with Crippen molar-refractivity contribution >= 4 is 5.91 Å². The van der Waals surface area contributed by atoms with Gasteiger partial charge in [0.25, 0.3) is 5.91 Å². The van der Waals surface area contributed by atoms with E-state index in [1.807, 2.05) is 35.2 Å². The number of benzene rings is 2. The van der Waals surface area contributed by atoms with Crippen molar-refractivity contribution in [3.05, 3.63) is 78.1 Å². The lowest BCUT2D eigenvalue weighted by Gasteiger charge is -2.51. The lowest BCUT2D eigenvalue weighted by Crippen LogP contribution is -2.62. The molecule has 1 atom stereocenters. The fourth-order valence-electron chi connectivity index (χ4n) is 5.07. The fourth-order valence-corrected chi connectivity index (χ4v) is 5.07. The molecular formula is C25H25F3N4O3. The molecule has 7 nitrogen and oxygen atoms in total. The molecular weight excluding hydrogens is 461 g/mol. The predicted molar refractivity (Wildman–Crippen MR) is 121 cm³/mol. The third kappa shape index (κ3) is 5.27. The van der Waals surface area contributed by atoms with Crippen LogP contribution in [-0.2, 0) is 6.54 Å². The number of alkyl halides is 3. The Morgan fingerprint density at radius 3 is 2.57 bits per heavy atom. The van der Waals surface area contributed by atoms with Gasteiger partial charge in [0.1, 0.15) is 11.5 Å². The lowest BCUT2D eigenvalue weighted by atomic mass is 9.71. The number of nitrogens with one attached hydrogen (secondary N) is 1. The number of aromatic amines is 1. The number of ether oxygens (including phenoxy) is 2. The summed E-state index contributed by atoms with van der Waals surface area (Å²) in [7, 11) is 0. The first-order valence-electron chi connectivity index (χ1n) is 11.3. The standard InChI is InChI=1S/C25H25F3N4O3/c26-25(27,28)35-22-8-4-5-18(9-22)12-31-13-20(14-34-21-6-2-1-3-7-21)24(15-31)16-32(17-24)23(33)19-10-29-30-11-19/h1-11,20H,12-17H2,(H,29,30). The second-order valence-corrected chi connectivity index (χ2v) is 9.20. The number of H-pyrrole nitrogens is 1. The quantitative estimate of drug-likeness (QED) is 0.548. The van der Waals surface area contributed by atoms with Crippen LogP contribution in [0.1, 0.15) is 15.9 Å². The maximum atomic E-state index is 12.8. The van der Waals surface area contributed by atoms with Crippen LogP contribution in [0.15, 0.2) is 67.0 Å². The maximum absolute atomic E-state index is 12.8. The summed E-state index contributed by atoms with van der Waals surface area (Å²) in [6, 6.07) is 15.6. The molecule has 35 heavy (non-hydrogen) atoms. The average Bonchev–Trinajstić information content (AvgIpc) is 3.44. The molecule has 184 valence electrons. The number of halogens is 3. The van der Waals surface area contributed by atoms with Gasteiger partial charge in [-0.05, 0) is 29.8 Å². The third-order valence-corrected chi connectivity index (χ3v) is 6.66. The highest BCUT2D eigenvalue weighted by Crippen LogP contribution is 2.45. The van der Waals surface area contributed by atoms with Gasteiger partial charge in [0.15, 0.2) is 0 Å². The summed E-state index contributed by atoms with van der Waals surface area (Å²) in [4.78, 5) is 16.8. The van der Waals surface area contributed by atoms with E-state index in [1.165, 1.54) is 18.3 Å². The summed E-state index contributed by atoms with van der Waals surface area (Å²) in [5.41, 5.74) is 1.11. The van der Waals surface area contributed by atoms with Gasteiger partial charge < -0.3 is 14.4 Å². The molecule has 0 bridgehead atoms. The van der Waals surface area contributed by atoms with E-state index >= 15 is 0 Å². The molecule has 1 spiro atoms. The van der Waals surface area contributed by atoms with Gasteiger partial charge in [-0.2, -0.15) is 5.10 Å². The monoisotopic (exact) mass is 486 g/mol. The molecule has 1 amide bonds. The predicted octanol–water partition coefficient (Wildman–Crippen LogP) is 3.96. The topological polar surface area (TPSA) is 70.7 Å². The minimum absolute atomic E-state index is 0.0671. The van der Waals surface area contributed by atoms with Gasteiger partial charge in [-0.1, -0.05) is 30.3 Å². The molecule has 10 heteroatoms. The molecule has 5 rings (SSSR count). The molecule has 2 aromatic carbocycles. The number of aromatic nitrogens is 2. The molecule has 3 heterocycles. The van der Waals surface area contributed by atoms with Crippen LogP contribution in [0.5, 0.6) is 11.5 Å². The summed E-state index contributed by atoms with van der Waals surface area (Å²) in [5, 5.41) is 6.53. The Balaban J connectivity index is 1.28. The Bertz CT molecular complexity index is 1150. The minimum atomic E-state index is -4.73. The van der Waals surface area contributed by atoms with Crippen molar-refractivity contribution in [2.24, 2.45) is 11.3 Å². The first kappa shape index (κ1) is 23.2. The van der Waals surface area contributed by atoms with Crippen LogP contribution < -0.4 is 9.47 Å². The zero-order chi connectivity index (χ0) is 24.5. The fraction of sp³-hybridized carbons (Fsp3) is 0.360. The number of carbonyl (C=O) groups excluding carboxylic acids is 1. The smallest absolute Gasteiger partial charge is 0.493 e.